The number of morpholine rings is 1. The molecular weight excluding hydrogens is 452 g/mol. The van der Waals surface area contributed by atoms with E-state index in [9.17, 15) is 4.79 Å². The van der Waals surface area contributed by atoms with Crippen LogP contribution in [-0.2, 0) is 29.0 Å². The molecule has 0 aliphatic carbocycles. The predicted molar refractivity (Wildman–Crippen MR) is 136 cm³/mol. The molecule has 0 N–H and O–H groups in total. The molecular formula is C27H37ClN2O4. The third-order valence-electron chi connectivity index (χ3n) is 6.26. The van der Waals surface area contributed by atoms with E-state index in [1.54, 1.807) is 7.11 Å². The number of aryl methyl sites for hydroxylation is 1. The number of para-hydroxylation sites is 1. The lowest BCUT2D eigenvalue weighted by atomic mass is 10.0. The van der Waals surface area contributed by atoms with Crippen LogP contribution in [0.3, 0.4) is 0 Å². The van der Waals surface area contributed by atoms with Crippen LogP contribution in [0.4, 0.5) is 0 Å². The Labute approximate surface area is 209 Å². The van der Waals surface area contributed by atoms with Crippen molar-refractivity contribution < 1.29 is 19.0 Å². The van der Waals surface area contributed by atoms with Crippen molar-refractivity contribution in [1.82, 2.24) is 9.80 Å². The summed E-state index contributed by atoms with van der Waals surface area (Å²) in [7, 11) is 1.70. The van der Waals surface area contributed by atoms with E-state index in [4.69, 9.17) is 14.2 Å². The fraction of sp³-hybridized carbons (Fsp3) is 0.519. The summed E-state index contributed by atoms with van der Waals surface area (Å²) in [5.41, 5.74) is 3.52. The Balaban J connectivity index is 0.00000324. The third-order valence-corrected chi connectivity index (χ3v) is 6.26. The summed E-state index contributed by atoms with van der Waals surface area (Å²) in [5.74, 6) is 2.31. The standard InChI is InChI=1S/C27H36N2O4.ClH/c1-20(2)16-29(17-21-10-11-25-22(15-21)8-6-13-32-25)27(30)26-19-28(12-14-33-26)18-23-7-4-5-9-24(23)31-3;/h4-5,7,9-11,15,20,26H,6,8,12-14,16-19H2,1-3H3;1H. The molecule has 1 fully saturated rings. The number of carbonyl (C=O) groups excluding carboxylic acids is 1. The van der Waals surface area contributed by atoms with Gasteiger partial charge in [-0.15, -0.1) is 12.4 Å². The van der Waals surface area contributed by atoms with Crippen molar-refractivity contribution in [2.45, 2.75) is 45.9 Å². The van der Waals surface area contributed by atoms with Crippen LogP contribution >= 0.6 is 12.4 Å². The van der Waals surface area contributed by atoms with Gasteiger partial charge in [0.25, 0.3) is 5.91 Å². The van der Waals surface area contributed by atoms with E-state index in [0.29, 0.717) is 32.2 Å². The maximum Gasteiger partial charge on any atom is 0.253 e. The molecule has 0 aromatic heterocycles. The predicted octanol–water partition coefficient (Wildman–Crippen LogP) is 4.33. The second kappa shape index (κ2) is 12.4. The summed E-state index contributed by atoms with van der Waals surface area (Å²) in [6.45, 7) is 9.07. The molecule has 186 valence electrons. The highest BCUT2D eigenvalue weighted by Crippen LogP contribution is 2.27. The van der Waals surface area contributed by atoms with Crippen LogP contribution in [0.1, 0.15) is 37.0 Å². The molecule has 1 amide bonds. The van der Waals surface area contributed by atoms with E-state index in [0.717, 1.165) is 55.2 Å². The van der Waals surface area contributed by atoms with Crippen LogP contribution in [0.5, 0.6) is 11.5 Å². The molecule has 0 radical (unpaired) electrons. The summed E-state index contributed by atoms with van der Waals surface area (Å²) in [6.07, 6.45) is 1.63. The number of nitrogens with zero attached hydrogens (tertiary/aromatic N) is 2. The Morgan fingerprint density at radius 1 is 1.21 bits per heavy atom. The summed E-state index contributed by atoms with van der Waals surface area (Å²) >= 11 is 0. The molecule has 1 atom stereocenters. The number of carbonyl (C=O) groups is 1. The average Bonchev–Trinajstić information content (AvgIpc) is 2.83. The van der Waals surface area contributed by atoms with Crippen molar-refractivity contribution in [3.05, 3.63) is 59.2 Å². The van der Waals surface area contributed by atoms with E-state index in [2.05, 4.69) is 36.9 Å². The third kappa shape index (κ3) is 6.65. The number of amides is 1. The van der Waals surface area contributed by atoms with Crippen LogP contribution in [0.2, 0.25) is 0 Å². The molecule has 34 heavy (non-hydrogen) atoms. The van der Waals surface area contributed by atoms with Crippen LogP contribution in [0, 0.1) is 5.92 Å². The van der Waals surface area contributed by atoms with E-state index in [1.807, 2.05) is 29.2 Å². The number of fused-ring (bicyclic) bond motifs is 1. The fourth-order valence-electron chi connectivity index (χ4n) is 4.68. The second-order valence-electron chi connectivity index (χ2n) is 9.41. The summed E-state index contributed by atoms with van der Waals surface area (Å²) in [4.78, 5) is 17.8. The van der Waals surface area contributed by atoms with Crippen molar-refractivity contribution in [3.63, 3.8) is 0 Å². The van der Waals surface area contributed by atoms with Gasteiger partial charge in [0.2, 0.25) is 0 Å². The number of halogens is 1. The van der Waals surface area contributed by atoms with Crippen molar-refractivity contribution in [2.75, 3.05) is 40.0 Å². The maximum absolute atomic E-state index is 13.6. The molecule has 0 bridgehead atoms. The van der Waals surface area contributed by atoms with Crippen molar-refractivity contribution in [1.29, 1.82) is 0 Å². The second-order valence-corrected chi connectivity index (χ2v) is 9.41. The van der Waals surface area contributed by atoms with Gasteiger partial charge in [0.05, 0.1) is 20.3 Å². The molecule has 4 rings (SSSR count). The first-order chi connectivity index (χ1) is 16.0. The highest BCUT2D eigenvalue weighted by molar-refractivity contribution is 5.85. The minimum atomic E-state index is -0.451. The first-order valence-corrected chi connectivity index (χ1v) is 12.0. The van der Waals surface area contributed by atoms with Crippen molar-refractivity contribution in [2.24, 2.45) is 5.92 Å². The molecule has 2 heterocycles. The van der Waals surface area contributed by atoms with Gasteiger partial charge in [0.1, 0.15) is 17.6 Å². The molecule has 2 aromatic carbocycles. The van der Waals surface area contributed by atoms with Gasteiger partial charge in [0.15, 0.2) is 0 Å². The van der Waals surface area contributed by atoms with Gasteiger partial charge in [-0.25, -0.2) is 0 Å². The van der Waals surface area contributed by atoms with Gasteiger partial charge in [-0.3, -0.25) is 9.69 Å². The molecule has 1 saturated heterocycles. The highest BCUT2D eigenvalue weighted by Gasteiger charge is 2.31. The zero-order chi connectivity index (χ0) is 23.2. The van der Waals surface area contributed by atoms with Gasteiger partial charge < -0.3 is 19.1 Å². The number of rotatable bonds is 8. The largest absolute Gasteiger partial charge is 0.496 e. The van der Waals surface area contributed by atoms with Crippen LogP contribution in [0.25, 0.3) is 0 Å². The van der Waals surface area contributed by atoms with Gasteiger partial charge in [-0.2, -0.15) is 0 Å². The van der Waals surface area contributed by atoms with Crippen LogP contribution < -0.4 is 9.47 Å². The highest BCUT2D eigenvalue weighted by atomic mass is 35.5. The number of hydrogen-bond donors (Lipinski definition) is 0. The molecule has 7 heteroatoms. The van der Waals surface area contributed by atoms with Crippen molar-refractivity contribution >= 4 is 18.3 Å². The maximum atomic E-state index is 13.6. The number of hydrogen-bond acceptors (Lipinski definition) is 5. The molecule has 6 nitrogen and oxygen atoms in total. The lowest BCUT2D eigenvalue weighted by Crippen LogP contribution is -2.51. The van der Waals surface area contributed by atoms with Gasteiger partial charge in [-0.1, -0.05) is 44.2 Å². The number of ether oxygens (including phenoxy) is 3. The SMILES string of the molecule is COc1ccccc1CN1CCOC(C(=O)N(Cc2ccc3c(c2)CCCO3)CC(C)C)C1.Cl. The Bertz CT molecular complexity index is 952. The lowest BCUT2D eigenvalue weighted by molar-refractivity contribution is -0.151. The molecule has 2 aromatic rings. The molecule has 0 spiro atoms. The number of methoxy groups -OCH3 is 1. The van der Waals surface area contributed by atoms with E-state index in [1.165, 1.54) is 5.56 Å². The number of benzene rings is 2. The Morgan fingerprint density at radius 2 is 2.03 bits per heavy atom. The lowest BCUT2D eigenvalue weighted by Gasteiger charge is -2.36. The summed E-state index contributed by atoms with van der Waals surface area (Å²) < 4.78 is 17.2. The minimum absolute atomic E-state index is 0. The van der Waals surface area contributed by atoms with Crippen LogP contribution in [-0.4, -0.2) is 61.8 Å². The Morgan fingerprint density at radius 3 is 2.82 bits per heavy atom. The minimum Gasteiger partial charge on any atom is -0.496 e. The average molecular weight is 489 g/mol. The van der Waals surface area contributed by atoms with Crippen molar-refractivity contribution in [3.8, 4) is 11.5 Å². The fourth-order valence-corrected chi connectivity index (χ4v) is 4.68. The van der Waals surface area contributed by atoms with Crippen LogP contribution in [0.15, 0.2) is 42.5 Å². The first-order valence-electron chi connectivity index (χ1n) is 12.0. The summed E-state index contributed by atoms with van der Waals surface area (Å²) in [6, 6.07) is 14.4. The zero-order valence-electron chi connectivity index (χ0n) is 20.5. The molecule has 0 saturated carbocycles. The monoisotopic (exact) mass is 488 g/mol. The molecule has 2 aliphatic rings. The smallest absolute Gasteiger partial charge is 0.253 e. The van der Waals surface area contributed by atoms with E-state index >= 15 is 0 Å². The first kappa shape index (κ1) is 26.3. The Kier molecular flexibility index (Phi) is 9.63. The summed E-state index contributed by atoms with van der Waals surface area (Å²) in [5, 5.41) is 0. The van der Waals surface area contributed by atoms with Gasteiger partial charge >= 0.3 is 0 Å². The van der Waals surface area contributed by atoms with Gasteiger partial charge in [0, 0.05) is 38.3 Å². The quantitative estimate of drug-likeness (QED) is 0.553. The molecule has 1 unspecified atom stereocenters. The topological polar surface area (TPSA) is 51.2 Å². The van der Waals surface area contributed by atoms with E-state index in [-0.39, 0.29) is 18.3 Å². The molecule has 2 aliphatic heterocycles. The van der Waals surface area contributed by atoms with E-state index < -0.39 is 6.10 Å². The Hall–Kier alpha value is -2.28. The normalized spacial score (nSPS) is 17.9. The van der Waals surface area contributed by atoms with Gasteiger partial charge in [-0.05, 0) is 42.0 Å². The zero-order valence-corrected chi connectivity index (χ0v) is 21.3.